The van der Waals surface area contributed by atoms with E-state index in [9.17, 15) is 4.79 Å². The van der Waals surface area contributed by atoms with Crippen LogP contribution in [0.15, 0.2) is 0 Å². The van der Waals surface area contributed by atoms with Gasteiger partial charge in [-0.1, -0.05) is 32.6 Å². The Morgan fingerprint density at radius 2 is 1.94 bits per heavy atom. The number of hydrogen-bond donors (Lipinski definition) is 1. The van der Waals surface area contributed by atoms with Crippen LogP contribution in [0.3, 0.4) is 0 Å². The molecule has 1 saturated heterocycles. The minimum absolute atomic E-state index is 0.280. The van der Waals surface area contributed by atoms with Gasteiger partial charge in [0.1, 0.15) is 0 Å². The highest BCUT2D eigenvalue weighted by atomic mass is 16.2. The maximum absolute atomic E-state index is 11.8. The van der Waals surface area contributed by atoms with Gasteiger partial charge in [0.15, 0.2) is 0 Å². The van der Waals surface area contributed by atoms with Crippen molar-refractivity contribution in [2.75, 3.05) is 19.6 Å². The average molecular weight is 240 g/mol. The van der Waals surface area contributed by atoms with E-state index < -0.39 is 0 Å². The lowest BCUT2D eigenvalue weighted by Crippen LogP contribution is -2.39. The first-order chi connectivity index (χ1) is 8.24. The summed E-state index contributed by atoms with van der Waals surface area (Å²) in [6.45, 7) is 6.87. The zero-order valence-electron chi connectivity index (χ0n) is 11.5. The quantitative estimate of drug-likeness (QED) is 0.661. The number of unbranched alkanes of at least 4 members (excludes halogenated alkanes) is 3. The molecule has 1 rings (SSSR count). The van der Waals surface area contributed by atoms with Crippen molar-refractivity contribution >= 4 is 5.91 Å². The highest BCUT2D eigenvalue weighted by molar-refractivity contribution is 5.78. The number of amides is 1. The molecular weight excluding hydrogens is 212 g/mol. The third-order valence-electron chi connectivity index (χ3n) is 3.55. The Morgan fingerprint density at radius 1 is 1.24 bits per heavy atom. The molecule has 3 heteroatoms. The molecule has 100 valence electrons. The zero-order chi connectivity index (χ0) is 12.5. The smallest absolute Gasteiger partial charge is 0.236 e. The average Bonchev–Trinajstić information content (AvgIpc) is 2.85. The fourth-order valence-corrected chi connectivity index (χ4v) is 2.32. The lowest BCUT2D eigenvalue weighted by Gasteiger charge is -2.18. The molecule has 0 radical (unpaired) electrons. The van der Waals surface area contributed by atoms with Crippen molar-refractivity contribution in [3.8, 4) is 0 Å². The largest absolute Gasteiger partial charge is 0.342 e. The van der Waals surface area contributed by atoms with E-state index in [0.717, 1.165) is 13.1 Å². The van der Waals surface area contributed by atoms with E-state index in [0.29, 0.717) is 12.6 Å². The van der Waals surface area contributed by atoms with Crippen LogP contribution in [0.1, 0.15) is 58.8 Å². The second-order valence-corrected chi connectivity index (χ2v) is 5.22. The molecule has 1 N–H and O–H groups in total. The summed E-state index contributed by atoms with van der Waals surface area (Å²) < 4.78 is 0. The van der Waals surface area contributed by atoms with Crippen molar-refractivity contribution in [1.82, 2.24) is 10.2 Å². The summed E-state index contributed by atoms with van der Waals surface area (Å²) in [5.74, 6) is 0.280. The van der Waals surface area contributed by atoms with E-state index in [1.165, 1.54) is 44.9 Å². The number of rotatable bonds is 8. The molecule has 0 aliphatic carbocycles. The van der Waals surface area contributed by atoms with E-state index in [4.69, 9.17) is 0 Å². The van der Waals surface area contributed by atoms with Crippen LogP contribution in [-0.4, -0.2) is 36.5 Å². The van der Waals surface area contributed by atoms with Gasteiger partial charge in [-0.05, 0) is 26.2 Å². The Hall–Kier alpha value is -0.570. The van der Waals surface area contributed by atoms with Crippen molar-refractivity contribution in [2.24, 2.45) is 0 Å². The van der Waals surface area contributed by atoms with E-state index >= 15 is 0 Å². The maximum atomic E-state index is 11.8. The van der Waals surface area contributed by atoms with E-state index in [1.54, 1.807) is 0 Å². The topological polar surface area (TPSA) is 32.3 Å². The first kappa shape index (κ1) is 14.5. The molecule has 1 aliphatic heterocycles. The SMILES string of the molecule is CCCCCCC(C)NCC(=O)N1CCCC1. The number of carbonyl (C=O) groups excluding carboxylic acids is 1. The van der Waals surface area contributed by atoms with Gasteiger partial charge in [0.05, 0.1) is 6.54 Å². The molecule has 0 bridgehead atoms. The molecule has 1 unspecified atom stereocenters. The minimum Gasteiger partial charge on any atom is -0.342 e. The van der Waals surface area contributed by atoms with Crippen LogP contribution in [0.25, 0.3) is 0 Å². The fourth-order valence-electron chi connectivity index (χ4n) is 2.32. The van der Waals surface area contributed by atoms with Crippen molar-refractivity contribution in [2.45, 2.75) is 64.8 Å². The summed E-state index contributed by atoms with van der Waals surface area (Å²) in [5.41, 5.74) is 0. The Morgan fingerprint density at radius 3 is 2.59 bits per heavy atom. The van der Waals surface area contributed by atoms with Crippen LogP contribution in [0.5, 0.6) is 0 Å². The molecule has 1 fully saturated rings. The van der Waals surface area contributed by atoms with E-state index in [1.807, 2.05) is 4.90 Å². The van der Waals surface area contributed by atoms with Crippen LogP contribution in [0.4, 0.5) is 0 Å². The summed E-state index contributed by atoms with van der Waals surface area (Å²) >= 11 is 0. The van der Waals surface area contributed by atoms with Crippen LogP contribution >= 0.6 is 0 Å². The van der Waals surface area contributed by atoms with Gasteiger partial charge in [-0.3, -0.25) is 4.79 Å². The third kappa shape index (κ3) is 6.06. The minimum atomic E-state index is 0.280. The first-order valence-electron chi connectivity index (χ1n) is 7.25. The van der Waals surface area contributed by atoms with E-state index in [-0.39, 0.29) is 5.91 Å². The lowest BCUT2D eigenvalue weighted by molar-refractivity contribution is -0.129. The lowest BCUT2D eigenvalue weighted by atomic mass is 10.1. The van der Waals surface area contributed by atoms with Crippen molar-refractivity contribution in [3.63, 3.8) is 0 Å². The molecule has 0 saturated carbocycles. The van der Waals surface area contributed by atoms with Crippen LogP contribution < -0.4 is 5.32 Å². The standard InChI is InChI=1S/C14H28N2O/c1-3-4-5-6-9-13(2)15-12-14(17)16-10-7-8-11-16/h13,15H,3-12H2,1-2H3. The van der Waals surface area contributed by atoms with Crippen LogP contribution in [0, 0.1) is 0 Å². The second kappa shape index (κ2) is 8.51. The summed E-state index contributed by atoms with van der Waals surface area (Å²) in [6, 6.07) is 0.471. The van der Waals surface area contributed by atoms with Gasteiger partial charge in [-0.15, -0.1) is 0 Å². The monoisotopic (exact) mass is 240 g/mol. The summed E-state index contributed by atoms with van der Waals surface area (Å²) in [5, 5.41) is 3.34. The van der Waals surface area contributed by atoms with Gasteiger partial charge >= 0.3 is 0 Å². The van der Waals surface area contributed by atoms with Crippen LogP contribution in [0.2, 0.25) is 0 Å². The number of nitrogens with zero attached hydrogens (tertiary/aromatic N) is 1. The molecule has 0 aromatic rings. The zero-order valence-corrected chi connectivity index (χ0v) is 11.5. The number of nitrogens with one attached hydrogen (secondary N) is 1. The van der Waals surface area contributed by atoms with Gasteiger partial charge in [0.25, 0.3) is 0 Å². The summed E-state index contributed by atoms with van der Waals surface area (Å²) in [7, 11) is 0. The fraction of sp³-hybridized carbons (Fsp3) is 0.929. The molecule has 1 aliphatic rings. The molecule has 1 amide bonds. The van der Waals surface area contributed by atoms with Gasteiger partial charge < -0.3 is 10.2 Å². The van der Waals surface area contributed by atoms with Gasteiger partial charge in [0, 0.05) is 19.1 Å². The number of likely N-dealkylation sites (tertiary alicyclic amines) is 1. The molecular formula is C14H28N2O. The van der Waals surface area contributed by atoms with Gasteiger partial charge in [0.2, 0.25) is 5.91 Å². The summed E-state index contributed by atoms with van der Waals surface area (Å²) in [6.07, 6.45) is 8.76. The molecule has 1 heterocycles. The third-order valence-corrected chi connectivity index (χ3v) is 3.55. The summed E-state index contributed by atoms with van der Waals surface area (Å²) in [4.78, 5) is 13.8. The van der Waals surface area contributed by atoms with Crippen molar-refractivity contribution in [1.29, 1.82) is 0 Å². The Balaban J connectivity index is 2.02. The van der Waals surface area contributed by atoms with Crippen molar-refractivity contribution < 1.29 is 4.79 Å². The molecule has 3 nitrogen and oxygen atoms in total. The number of carbonyl (C=O) groups is 1. The molecule has 17 heavy (non-hydrogen) atoms. The molecule has 0 aromatic heterocycles. The van der Waals surface area contributed by atoms with Gasteiger partial charge in [-0.2, -0.15) is 0 Å². The molecule has 0 aromatic carbocycles. The molecule has 1 atom stereocenters. The number of hydrogen-bond acceptors (Lipinski definition) is 2. The highest BCUT2D eigenvalue weighted by Crippen LogP contribution is 2.08. The first-order valence-corrected chi connectivity index (χ1v) is 7.25. The van der Waals surface area contributed by atoms with Crippen molar-refractivity contribution in [3.05, 3.63) is 0 Å². The van der Waals surface area contributed by atoms with E-state index in [2.05, 4.69) is 19.2 Å². The highest BCUT2D eigenvalue weighted by Gasteiger charge is 2.17. The van der Waals surface area contributed by atoms with Crippen LogP contribution in [-0.2, 0) is 4.79 Å². The second-order valence-electron chi connectivity index (χ2n) is 5.22. The van der Waals surface area contributed by atoms with Gasteiger partial charge in [-0.25, -0.2) is 0 Å². The maximum Gasteiger partial charge on any atom is 0.236 e. The molecule has 0 spiro atoms. The Bertz CT molecular complexity index is 212. The Kier molecular flexibility index (Phi) is 7.25. The Labute approximate surface area is 106 Å². The normalized spacial score (nSPS) is 17.4. The predicted octanol–water partition coefficient (Wildman–Crippen LogP) is 2.56. The predicted molar refractivity (Wildman–Crippen MR) is 72.0 cm³/mol.